The SMILES string of the molecule is COc1cccc(OC)c1-n1c(CS(=O)(=O)[C@H](C)[C@@H](OC)c2ccc(C#N)cc2C#N)nnc1-c1cncc(C)c1. The molecule has 2 atom stereocenters. The van der Waals surface area contributed by atoms with Gasteiger partial charge in [0.1, 0.15) is 22.9 Å². The first kappa shape index (κ1) is 29.2. The van der Waals surface area contributed by atoms with Gasteiger partial charge in [-0.05, 0) is 55.3 Å². The summed E-state index contributed by atoms with van der Waals surface area (Å²) in [4.78, 5) is 4.26. The van der Waals surface area contributed by atoms with Gasteiger partial charge in [0.25, 0.3) is 0 Å². The molecule has 0 saturated heterocycles. The molecule has 4 rings (SSSR count). The average molecular weight is 573 g/mol. The summed E-state index contributed by atoms with van der Waals surface area (Å²) < 4.78 is 46.3. The Labute approximate surface area is 238 Å². The Balaban J connectivity index is 1.85. The van der Waals surface area contributed by atoms with Crippen LogP contribution >= 0.6 is 0 Å². The van der Waals surface area contributed by atoms with Crippen LogP contribution in [0.5, 0.6) is 11.5 Å². The predicted molar refractivity (Wildman–Crippen MR) is 150 cm³/mol. The van der Waals surface area contributed by atoms with Crippen molar-refractivity contribution in [2.24, 2.45) is 0 Å². The summed E-state index contributed by atoms with van der Waals surface area (Å²) in [5.74, 6) is 0.794. The van der Waals surface area contributed by atoms with E-state index < -0.39 is 26.9 Å². The monoisotopic (exact) mass is 572 g/mol. The zero-order valence-corrected chi connectivity index (χ0v) is 24.0. The lowest BCUT2D eigenvalue weighted by atomic mass is 9.99. The van der Waals surface area contributed by atoms with Gasteiger partial charge in [-0.2, -0.15) is 10.5 Å². The third-order valence-electron chi connectivity index (χ3n) is 6.68. The normalized spacial score (nSPS) is 12.7. The molecule has 4 aromatic rings. The number of aromatic nitrogens is 4. The molecule has 2 aromatic carbocycles. The van der Waals surface area contributed by atoms with Gasteiger partial charge in [-0.25, -0.2) is 8.42 Å². The number of methoxy groups -OCH3 is 3. The largest absolute Gasteiger partial charge is 0.494 e. The van der Waals surface area contributed by atoms with Gasteiger partial charge in [0.2, 0.25) is 0 Å². The fourth-order valence-corrected chi connectivity index (χ4v) is 6.05. The van der Waals surface area contributed by atoms with Crippen molar-refractivity contribution in [1.29, 1.82) is 10.5 Å². The lowest BCUT2D eigenvalue weighted by Gasteiger charge is -2.24. The molecule has 0 amide bonds. The summed E-state index contributed by atoms with van der Waals surface area (Å²) in [6.07, 6.45) is 2.33. The molecule has 11 nitrogen and oxygen atoms in total. The summed E-state index contributed by atoms with van der Waals surface area (Å²) in [7, 11) is 0.401. The van der Waals surface area contributed by atoms with Gasteiger partial charge >= 0.3 is 0 Å². The number of rotatable bonds is 10. The van der Waals surface area contributed by atoms with E-state index in [0.717, 1.165) is 5.56 Å². The maximum absolute atomic E-state index is 13.9. The van der Waals surface area contributed by atoms with Crippen molar-refractivity contribution >= 4 is 9.84 Å². The number of aryl methyl sites for hydroxylation is 1. The molecule has 41 heavy (non-hydrogen) atoms. The van der Waals surface area contributed by atoms with E-state index in [2.05, 4.69) is 15.2 Å². The molecule has 0 unspecified atom stereocenters. The van der Waals surface area contributed by atoms with Crippen LogP contribution in [0.25, 0.3) is 17.1 Å². The highest BCUT2D eigenvalue weighted by Crippen LogP contribution is 2.37. The molecule has 0 aliphatic rings. The van der Waals surface area contributed by atoms with Gasteiger partial charge in [0.15, 0.2) is 21.5 Å². The molecule has 12 heteroatoms. The summed E-state index contributed by atoms with van der Waals surface area (Å²) in [5, 5.41) is 26.5. The Morgan fingerprint density at radius 1 is 0.976 bits per heavy atom. The van der Waals surface area contributed by atoms with Crippen LogP contribution in [0.4, 0.5) is 0 Å². The lowest BCUT2D eigenvalue weighted by molar-refractivity contribution is 0.102. The van der Waals surface area contributed by atoms with Gasteiger partial charge < -0.3 is 14.2 Å². The van der Waals surface area contributed by atoms with Crippen LogP contribution in [-0.4, -0.2) is 54.7 Å². The van der Waals surface area contributed by atoms with Crippen molar-refractivity contribution in [3.05, 3.63) is 82.9 Å². The van der Waals surface area contributed by atoms with Crippen LogP contribution in [-0.2, 0) is 20.3 Å². The van der Waals surface area contributed by atoms with Gasteiger partial charge in [0, 0.05) is 25.1 Å². The number of nitriles is 2. The number of para-hydroxylation sites is 1. The zero-order valence-electron chi connectivity index (χ0n) is 23.2. The predicted octanol–water partition coefficient (Wildman–Crippen LogP) is 4.09. The highest BCUT2D eigenvalue weighted by molar-refractivity contribution is 7.91. The quantitative estimate of drug-likeness (QED) is 0.271. The minimum atomic E-state index is -3.98. The first-order chi connectivity index (χ1) is 19.7. The minimum absolute atomic E-state index is 0.117. The van der Waals surface area contributed by atoms with E-state index in [1.54, 1.807) is 41.2 Å². The molecule has 0 N–H and O–H groups in total. The van der Waals surface area contributed by atoms with Gasteiger partial charge in [0.05, 0.1) is 48.8 Å². The number of benzene rings is 2. The molecule has 0 fully saturated rings. The molecule has 210 valence electrons. The molecular weight excluding hydrogens is 544 g/mol. The van der Waals surface area contributed by atoms with Crippen molar-refractivity contribution in [2.75, 3.05) is 21.3 Å². The molecule has 0 spiro atoms. The van der Waals surface area contributed by atoms with Crippen LogP contribution in [0.3, 0.4) is 0 Å². The molecule has 0 saturated carbocycles. The smallest absolute Gasteiger partial charge is 0.170 e. The number of ether oxygens (including phenoxy) is 3. The topological polar surface area (TPSA) is 153 Å². The molecule has 0 radical (unpaired) electrons. The van der Waals surface area contributed by atoms with Crippen molar-refractivity contribution in [2.45, 2.75) is 31.0 Å². The third kappa shape index (κ3) is 5.75. The maximum Gasteiger partial charge on any atom is 0.170 e. The number of nitrogens with zero attached hydrogens (tertiary/aromatic N) is 6. The van der Waals surface area contributed by atoms with Crippen LogP contribution in [0, 0.1) is 29.6 Å². The molecule has 2 aromatic heterocycles. The number of sulfone groups is 1. The second kappa shape index (κ2) is 12.2. The Hall–Kier alpha value is -4.78. The van der Waals surface area contributed by atoms with Crippen molar-refractivity contribution < 1.29 is 22.6 Å². The number of hydrogen-bond acceptors (Lipinski definition) is 10. The highest BCUT2D eigenvalue weighted by atomic mass is 32.2. The summed E-state index contributed by atoms with van der Waals surface area (Å²) in [5.41, 5.74) is 2.74. The van der Waals surface area contributed by atoms with Crippen LogP contribution in [0.15, 0.2) is 54.9 Å². The molecular formula is C29H28N6O5S. The van der Waals surface area contributed by atoms with E-state index in [9.17, 15) is 18.9 Å². The Morgan fingerprint density at radius 2 is 1.68 bits per heavy atom. The summed E-state index contributed by atoms with van der Waals surface area (Å²) >= 11 is 0. The Kier molecular flexibility index (Phi) is 8.67. The Morgan fingerprint density at radius 3 is 2.27 bits per heavy atom. The van der Waals surface area contributed by atoms with Gasteiger partial charge in [-0.15, -0.1) is 10.2 Å². The third-order valence-corrected chi connectivity index (χ3v) is 8.72. The Bertz CT molecular complexity index is 1750. The van der Waals surface area contributed by atoms with E-state index in [1.165, 1.54) is 40.4 Å². The standard InChI is InChI=1S/C29H28N6O5S/c1-18-11-22(16-32-15-18)29-34-33-26(35(29)27-24(38-3)7-6-8-25(27)39-4)17-41(36,37)19(2)28(40-5)23-10-9-20(13-30)12-21(23)14-31/h6-12,15-16,19,28H,17H2,1-5H3/t19-,28-/m1/s1. The maximum atomic E-state index is 13.9. The first-order valence-corrected chi connectivity index (χ1v) is 14.2. The van der Waals surface area contributed by atoms with Gasteiger partial charge in [-0.3, -0.25) is 9.55 Å². The van der Waals surface area contributed by atoms with E-state index in [4.69, 9.17) is 14.2 Å². The number of pyridine rings is 1. The fourth-order valence-electron chi connectivity index (χ4n) is 4.60. The number of hydrogen-bond donors (Lipinski definition) is 0. The molecule has 0 aliphatic heterocycles. The van der Waals surface area contributed by atoms with E-state index in [1.807, 2.05) is 25.1 Å². The molecule has 0 bridgehead atoms. The molecule has 2 heterocycles. The van der Waals surface area contributed by atoms with Crippen LogP contribution in [0.2, 0.25) is 0 Å². The molecule has 0 aliphatic carbocycles. The van der Waals surface area contributed by atoms with Crippen molar-refractivity contribution in [3.8, 4) is 40.7 Å². The minimum Gasteiger partial charge on any atom is -0.494 e. The average Bonchev–Trinajstić information content (AvgIpc) is 3.39. The second-order valence-corrected chi connectivity index (χ2v) is 11.6. The van der Waals surface area contributed by atoms with Gasteiger partial charge in [-0.1, -0.05) is 12.1 Å². The van der Waals surface area contributed by atoms with Crippen molar-refractivity contribution in [1.82, 2.24) is 19.7 Å². The first-order valence-electron chi connectivity index (χ1n) is 12.4. The van der Waals surface area contributed by atoms with E-state index >= 15 is 0 Å². The fraction of sp³-hybridized carbons (Fsp3) is 0.276. The second-order valence-electron chi connectivity index (χ2n) is 9.23. The zero-order chi connectivity index (χ0) is 29.7. The van der Waals surface area contributed by atoms with Crippen LogP contribution in [0.1, 0.15) is 41.1 Å². The lowest BCUT2D eigenvalue weighted by Crippen LogP contribution is -2.29. The van der Waals surface area contributed by atoms with E-state index in [0.29, 0.717) is 34.1 Å². The van der Waals surface area contributed by atoms with E-state index in [-0.39, 0.29) is 17.0 Å². The summed E-state index contributed by atoms with van der Waals surface area (Å²) in [6, 6.07) is 15.6. The van der Waals surface area contributed by atoms with Crippen LogP contribution < -0.4 is 9.47 Å². The highest BCUT2D eigenvalue weighted by Gasteiger charge is 2.35. The van der Waals surface area contributed by atoms with Crippen molar-refractivity contribution in [3.63, 3.8) is 0 Å². The summed E-state index contributed by atoms with van der Waals surface area (Å²) in [6.45, 7) is 3.40.